The summed E-state index contributed by atoms with van der Waals surface area (Å²) in [6, 6.07) is 6.00. The molecule has 0 unspecified atom stereocenters. The van der Waals surface area contributed by atoms with Gasteiger partial charge in [-0.1, -0.05) is 6.07 Å². The molecule has 1 aromatic carbocycles. The fourth-order valence-electron chi connectivity index (χ4n) is 3.40. The van der Waals surface area contributed by atoms with Crippen molar-refractivity contribution in [1.29, 1.82) is 0 Å². The van der Waals surface area contributed by atoms with E-state index >= 15 is 0 Å². The van der Waals surface area contributed by atoms with Crippen LogP contribution in [0.5, 0.6) is 0 Å². The van der Waals surface area contributed by atoms with Crippen molar-refractivity contribution in [3.8, 4) is 0 Å². The average Bonchev–Trinajstić information content (AvgIpc) is 2.95. The molecule has 136 valence electrons. The molecular formula is C19H23FN6. The first kappa shape index (κ1) is 16.8. The smallest absolute Gasteiger partial charge is 0.144 e. The molecule has 0 spiro atoms. The molecule has 2 aromatic rings. The number of fused-ring (bicyclic) bond motifs is 1. The molecule has 6 nitrogen and oxygen atoms in total. The topological polar surface area (TPSA) is 65.1 Å². The van der Waals surface area contributed by atoms with Crippen LogP contribution >= 0.6 is 0 Å². The zero-order chi connectivity index (χ0) is 17.8. The molecular weight excluding hydrogens is 331 g/mol. The van der Waals surface area contributed by atoms with Gasteiger partial charge in [0.25, 0.3) is 0 Å². The summed E-state index contributed by atoms with van der Waals surface area (Å²) in [4.78, 5) is 10.8. The first-order chi connectivity index (χ1) is 12.8. The molecule has 0 saturated carbocycles. The highest BCUT2D eigenvalue weighted by molar-refractivity contribution is 5.74. The summed E-state index contributed by atoms with van der Waals surface area (Å²) < 4.78 is 14.6. The van der Waals surface area contributed by atoms with Gasteiger partial charge in [0, 0.05) is 44.8 Å². The standard InChI is InChI=1S/C19H23FN6/c20-15-12-22-13-18(19(15)26-8-1-4-21-7-9-26)25-11-14-2-3-16-17(10-14)24-6-5-23-16/h2-3,5-6,10,13,21-22,25H,1,4,7-9,11-12H2. The van der Waals surface area contributed by atoms with Crippen LogP contribution in [-0.2, 0) is 6.54 Å². The maximum atomic E-state index is 14.6. The van der Waals surface area contributed by atoms with E-state index in [-0.39, 0.29) is 12.4 Å². The summed E-state index contributed by atoms with van der Waals surface area (Å²) in [5.41, 5.74) is 4.31. The third-order valence-electron chi connectivity index (χ3n) is 4.69. The Bertz CT molecular complexity index is 839. The number of hydrogen-bond donors (Lipinski definition) is 3. The van der Waals surface area contributed by atoms with Gasteiger partial charge in [0.1, 0.15) is 5.83 Å². The predicted octanol–water partition coefficient (Wildman–Crippen LogP) is 1.64. The minimum absolute atomic E-state index is 0.110. The van der Waals surface area contributed by atoms with Gasteiger partial charge in [-0.15, -0.1) is 0 Å². The Morgan fingerprint density at radius 2 is 2.00 bits per heavy atom. The van der Waals surface area contributed by atoms with E-state index < -0.39 is 0 Å². The van der Waals surface area contributed by atoms with E-state index in [0.29, 0.717) is 12.2 Å². The quantitative estimate of drug-likeness (QED) is 0.776. The molecule has 1 saturated heterocycles. The molecule has 4 rings (SSSR count). The van der Waals surface area contributed by atoms with Crippen molar-refractivity contribution in [3.63, 3.8) is 0 Å². The lowest BCUT2D eigenvalue weighted by molar-refractivity contribution is 0.346. The van der Waals surface area contributed by atoms with Crippen LogP contribution in [0.25, 0.3) is 11.0 Å². The van der Waals surface area contributed by atoms with E-state index in [1.807, 2.05) is 24.4 Å². The van der Waals surface area contributed by atoms with Crippen LogP contribution in [0.4, 0.5) is 4.39 Å². The highest BCUT2D eigenvalue weighted by Crippen LogP contribution is 2.23. The van der Waals surface area contributed by atoms with Gasteiger partial charge >= 0.3 is 0 Å². The molecule has 0 atom stereocenters. The maximum absolute atomic E-state index is 14.6. The van der Waals surface area contributed by atoms with Crippen molar-refractivity contribution in [2.45, 2.75) is 13.0 Å². The number of aromatic nitrogens is 2. The van der Waals surface area contributed by atoms with E-state index in [4.69, 9.17) is 0 Å². The SMILES string of the molecule is FC1=C(N2CCCNCC2)C(NCc2ccc3nccnc3c2)=CNC1. The summed E-state index contributed by atoms with van der Waals surface area (Å²) >= 11 is 0. The number of hydrogen-bond acceptors (Lipinski definition) is 6. The third kappa shape index (κ3) is 3.62. The number of benzene rings is 1. The van der Waals surface area contributed by atoms with E-state index in [2.05, 4.69) is 30.8 Å². The Kier molecular flexibility index (Phi) is 4.97. The zero-order valence-corrected chi connectivity index (χ0v) is 14.6. The molecule has 1 fully saturated rings. The first-order valence-electron chi connectivity index (χ1n) is 9.03. The Morgan fingerprint density at radius 3 is 2.92 bits per heavy atom. The van der Waals surface area contributed by atoms with Gasteiger partial charge in [-0.05, 0) is 30.7 Å². The molecule has 0 aliphatic carbocycles. The lowest BCUT2D eigenvalue weighted by atomic mass is 10.1. The molecule has 3 heterocycles. The second-order valence-electron chi connectivity index (χ2n) is 6.52. The highest BCUT2D eigenvalue weighted by atomic mass is 19.1. The molecule has 26 heavy (non-hydrogen) atoms. The Morgan fingerprint density at radius 1 is 1.12 bits per heavy atom. The van der Waals surface area contributed by atoms with Crippen molar-refractivity contribution < 1.29 is 4.39 Å². The van der Waals surface area contributed by atoms with Gasteiger partial charge in [-0.2, -0.15) is 0 Å². The summed E-state index contributed by atoms with van der Waals surface area (Å²) in [6.45, 7) is 4.38. The van der Waals surface area contributed by atoms with Crippen molar-refractivity contribution in [3.05, 3.63) is 59.6 Å². The van der Waals surface area contributed by atoms with E-state index in [1.165, 1.54) is 0 Å². The number of nitrogens with zero attached hydrogens (tertiary/aromatic N) is 3. The lowest BCUT2D eigenvalue weighted by Gasteiger charge is -2.30. The maximum Gasteiger partial charge on any atom is 0.144 e. The number of nitrogens with one attached hydrogen (secondary N) is 3. The first-order valence-corrected chi connectivity index (χ1v) is 9.03. The van der Waals surface area contributed by atoms with E-state index in [0.717, 1.165) is 54.9 Å². The monoisotopic (exact) mass is 354 g/mol. The van der Waals surface area contributed by atoms with Crippen LogP contribution in [0.3, 0.4) is 0 Å². The number of dihydropyridines is 1. The molecule has 0 radical (unpaired) electrons. The molecule has 0 amide bonds. The van der Waals surface area contributed by atoms with Gasteiger partial charge in [0.05, 0.1) is 29.0 Å². The van der Waals surface area contributed by atoms with Crippen LogP contribution in [0.2, 0.25) is 0 Å². The third-order valence-corrected chi connectivity index (χ3v) is 4.69. The van der Waals surface area contributed by atoms with Crippen molar-refractivity contribution >= 4 is 11.0 Å². The summed E-state index contributed by atoms with van der Waals surface area (Å²) in [7, 11) is 0. The second kappa shape index (κ2) is 7.70. The Balaban J connectivity index is 1.50. The van der Waals surface area contributed by atoms with Gasteiger partial charge in [-0.3, -0.25) is 9.97 Å². The minimum Gasteiger partial charge on any atom is -0.383 e. The second-order valence-corrected chi connectivity index (χ2v) is 6.52. The van der Waals surface area contributed by atoms with Gasteiger partial charge in [0.15, 0.2) is 0 Å². The van der Waals surface area contributed by atoms with Crippen molar-refractivity contribution in [2.75, 3.05) is 32.7 Å². The van der Waals surface area contributed by atoms with Crippen molar-refractivity contribution in [2.24, 2.45) is 0 Å². The number of halogens is 1. The molecule has 2 aliphatic rings. The lowest BCUT2D eigenvalue weighted by Crippen LogP contribution is -2.36. The van der Waals surface area contributed by atoms with E-state index in [1.54, 1.807) is 12.4 Å². The summed E-state index contributed by atoms with van der Waals surface area (Å²) in [5.74, 6) is -0.110. The van der Waals surface area contributed by atoms with Crippen LogP contribution < -0.4 is 16.0 Å². The zero-order valence-electron chi connectivity index (χ0n) is 14.6. The highest BCUT2D eigenvalue weighted by Gasteiger charge is 2.23. The van der Waals surface area contributed by atoms with Gasteiger partial charge < -0.3 is 20.9 Å². The fraction of sp³-hybridized carbons (Fsp3) is 0.368. The van der Waals surface area contributed by atoms with Crippen LogP contribution in [-0.4, -0.2) is 47.6 Å². The number of rotatable bonds is 4. The predicted molar refractivity (Wildman–Crippen MR) is 99.7 cm³/mol. The summed E-state index contributed by atoms with van der Waals surface area (Å²) in [5, 5.41) is 9.77. The molecule has 2 aliphatic heterocycles. The van der Waals surface area contributed by atoms with Gasteiger partial charge in [0.2, 0.25) is 0 Å². The summed E-state index contributed by atoms with van der Waals surface area (Å²) in [6.07, 6.45) is 6.27. The Labute approximate surface area is 152 Å². The van der Waals surface area contributed by atoms with Crippen molar-refractivity contribution in [1.82, 2.24) is 30.8 Å². The molecule has 3 N–H and O–H groups in total. The van der Waals surface area contributed by atoms with Crippen LogP contribution in [0.1, 0.15) is 12.0 Å². The van der Waals surface area contributed by atoms with Crippen LogP contribution in [0.15, 0.2) is 54.0 Å². The van der Waals surface area contributed by atoms with Crippen LogP contribution in [0, 0.1) is 0 Å². The normalized spacial score (nSPS) is 18.3. The Hall–Kier alpha value is -2.67. The van der Waals surface area contributed by atoms with Gasteiger partial charge in [-0.25, -0.2) is 4.39 Å². The molecule has 0 bridgehead atoms. The molecule has 7 heteroatoms. The molecule has 1 aromatic heterocycles. The minimum atomic E-state index is -0.110. The fourth-order valence-corrected chi connectivity index (χ4v) is 3.40. The van der Waals surface area contributed by atoms with E-state index in [9.17, 15) is 4.39 Å². The average molecular weight is 354 g/mol. The largest absolute Gasteiger partial charge is 0.383 e.